The van der Waals surface area contributed by atoms with Gasteiger partial charge in [-0.3, -0.25) is 4.79 Å². The van der Waals surface area contributed by atoms with Crippen LogP contribution in [0.25, 0.3) is 77.9 Å². The van der Waals surface area contributed by atoms with E-state index in [2.05, 4.69) is 0 Å². The lowest BCUT2D eigenvalue weighted by molar-refractivity contribution is 0.112. The number of phenolic OH excluding ortho intramolecular Hbond substituents is 8. The van der Waals surface area contributed by atoms with Crippen LogP contribution in [-0.2, 0) is 0 Å². The van der Waals surface area contributed by atoms with Crippen LogP contribution in [0.4, 0.5) is 0 Å². The van der Waals surface area contributed by atoms with Gasteiger partial charge in [-0.2, -0.15) is 0 Å². The summed E-state index contributed by atoms with van der Waals surface area (Å²) in [7, 11) is 0. The van der Waals surface area contributed by atoms with Gasteiger partial charge in [0.05, 0.1) is 0 Å². The van der Waals surface area contributed by atoms with Crippen molar-refractivity contribution in [3.8, 4) is 124 Å². The van der Waals surface area contributed by atoms with Gasteiger partial charge in [0.15, 0.2) is 6.29 Å². The number of hydrogen-bond acceptors (Lipinski definition) is 9. The standard InChI is InChI=1S/C49H34O9/c50-26-27-10-3-19-36(52)43(27)49-34(17-9-25-42(49)58)48-33(16-8-24-41(48)57)47-32(15-7-23-40(47)56)46-31(14-6-22-39(46)55)45-30(13-5-21-38(45)54)44-29(12-4-20-37(44)53)28-11-1-2-18-35(28)51/h1-26,51-58H. The molecule has 0 bridgehead atoms. The highest BCUT2D eigenvalue weighted by molar-refractivity contribution is 6.07. The minimum Gasteiger partial charge on any atom is -0.507 e. The lowest BCUT2D eigenvalue weighted by Gasteiger charge is -2.23. The Bertz CT molecular complexity index is 2910. The van der Waals surface area contributed by atoms with E-state index in [0.717, 1.165) is 0 Å². The molecule has 0 unspecified atom stereocenters. The van der Waals surface area contributed by atoms with E-state index in [-0.39, 0.29) is 102 Å². The average Bonchev–Trinajstić information content (AvgIpc) is 3.21. The van der Waals surface area contributed by atoms with Gasteiger partial charge >= 0.3 is 0 Å². The van der Waals surface area contributed by atoms with Crippen molar-refractivity contribution in [3.05, 3.63) is 157 Å². The van der Waals surface area contributed by atoms with Gasteiger partial charge in [-0.1, -0.05) is 103 Å². The molecule has 0 amide bonds. The van der Waals surface area contributed by atoms with Crippen molar-refractivity contribution in [2.45, 2.75) is 0 Å². The first kappa shape index (κ1) is 36.8. The summed E-state index contributed by atoms with van der Waals surface area (Å²) in [6, 6.07) is 39.2. The van der Waals surface area contributed by atoms with E-state index in [1.165, 1.54) is 60.7 Å². The molecule has 0 aliphatic carbocycles. The molecule has 0 saturated carbocycles. The van der Waals surface area contributed by atoms with Gasteiger partial charge in [0, 0.05) is 50.1 Å². The molecule has 284 valence electrons. The topological polar surface area (TPSA) is 179 Å². The summed E-state index contributed by atoms with van der Waals surface area (Å²) >= 11 is 0. The smallest absolute Gasteiger partial charge is 0.150 e. The number of benzene rings is 8. The summed E-state index contributed by atoms with van der Waals surface area (Å²) in [5.74, 6) is -1.71. The van der Waals surface area contributed by atoms with Crippen LogP contribution in [0.2, 0.25) is 0 Å². The van der Waals surface area contributed by atoms with Crippen LogP contribution in [0.15, 0.2) is 152 Å². The van der Waals surface area contributed by atoms with Crippen LogP contribution >= 0.6 is 0 Å². The minimum absolute atomic E-state index is 0.0275. The number of phenols is 8. The molecule has 0 radical (unpaired) electrons. The van der Waals surface area contributed by atoms with Crippen LogP contribution in [0.3, 0.4) is 0 Å². The van der Waals surface area contributed by atoms with E-state index in [1.807, 2.05) is 0 Å². The first-order chi connectivity index (χ1) is 28.1. The van der Waals surface area contributed by atoms with E-state index >= 15 is 0 Å². The molecule has 0 fully saturated rings. The third-order valence-electron chi connectivity index (χ3n) is 10.2. The Morgan fingerprint density at radius 1 is 0.241 bits per heavy atom. The van der Waals surface area contributed by atoms with Crippen molar-refractivity contribution in [1.82, 2.24) is 0 Å². The van der Waals surface area contributed by atoms with Crippen LogP contribution in [0.1, 0.15) is 10.4 Å². The zero-order chi connectivity index (χ0) is 40.7. The van der Waals surface area contributed by atoms with Crippen molar-refractivity contribution in [1.29, 1.82) is 0 Å². The number of hydrogen-bond donors (Lipinski definition) is 8. The number of rotatable bonds is 8. The molecule has 8 aromatic rings. The molecule has 0 spiro atoms. The fraction of sp³-hybridized carbons (Fsp3) is 0. The van der Waals surface area contributed by atoms with Gasteiger partial charge in [-0.25, -0.2) is 0 Å². The number of carbonyl (C=O) groups excluding carboxylic acids is 1. The lowest BCUT2D eigenvalue weighted by Crippen LogP contribution is -1.97. The van der Waals surface area contributed by atoms with Gasteiger partial charge in [-0.15, -0.1) is 0 Å². The first-order valence-corrected chi connectivity index (χ1v) is 18.1. The van der Waals surface area contributed by atoms with Gasteiger partial charge in [0.25, 0.3) is 0 Å². The fourth-order valence-electron chi connectivity index (χ4n) is 7.81. The van der Waals surface area contributed by atoms with E-state index in [0.29, 0.717) is 34.1 Å². The van der Waals surface area contributed by atoms with Crippen LogP contribution in [0.5, 0.6) is 46.0 Å². The summed E-state index contributed by atoms with van der Waals surface area (Å²) in [6.45, 7) is 0. The van der Waals surface area contributed by atoms with Gasteiger partial charge in [0.2, 0.25) is 0 Å². The second kappa shape index (κ2) is 14.8. The SMILES string of the molecule is O=Cc1cccc(O)c1-c1c(O)cccc1-c1c(O)cccc1-c1c(O)cccc1-c1c(O)cccc1-c1c(O)cccc1-c1c(O)cccc1-c1ccccc1O. The Balaban J connectivity index is 1.42. The maximum atomic E-state index is 12.2. The monoisotopic (exact) mass is 766 g/mol. The lowest BCUT2D eigenvalue weighted by atomic mass is 9.82. The van der Waals surface area contributed by atoms with E-state index in [4.69, 9.17) is 0 Å². The number of aldehydes is 1. The molecule has 58 heavy (non-hydrogen) atoms. The van der Waals surface area contributed by atoms with Gasteiger partial charge in [0.1, 0.15) is 46.0 Å². The molecule has 0 heterocycles. The largest absolute Gasteiger partial charge is 0.507 e. The third kappa shape index (κ3) is 6.13. The normalized spacial score (nSPS) is 11.0. The second-order valence-electron chi connectivity index (χ2n) is 13.6. The molecular formula is C49H34O9. The number of para-hydroxylation sites is 1. The molecule has 9 nitrogen and oxygen atoms in total. The first-order valence-electron chi connectivity index (χ1n) is 18.1. The summed E-state index contributed by atoms with van der Waals surface area (Å²) in [6.07, 6.45) is 0.547. The highest BCUT2D eigenvalue weighted by Gasteiger charge is 2.28. The maximum Gasteiger partial charge on any atom is 0.150 e. The van der Waals surface area contributed by atoms with E-state index in [1.54, 1.807) is 91.0 Å². The Kier molecular flexibility index (Phi) is 9.40. The Morgan fingerprint density at radius 2 is 0.500 bits per heavy atom. The van der Waals surface area contributed by atoms with Crippen LogP contribution in [0, 0.1) is 0 Å². The number of carbonyl (C=O) groups is 1. The molecule has 0 aromatic heterocycles. The molecular weight excluding hydrogens is 733 g/mol. The quantitative estimate of drug-likeness (QED) is 0.0699. The molecule has 0 atom stereocenters. The zero-order valence-electron chi connectivity index (χ0n) is 30.5. The predicted molar refractivity (Wildman–Crippen MR) is 223 cm³/mol. The van der Waals surface area contributed by atoms with E-state index in [9.17, 15) is 45.6 Å². The van der Waals surface area contributed by atoms with Crippen molar-refractivity contribution >= 4 is 6.29 Å². The highest BCUT2D eigenvalue weighted by atomic mass is 16.3. The fourth-order valence-corrected chi connectivity index (χ4v) is 7.81. The predicted octanol–water partition coefficient (Wildman–Crippen LogP) is 10.8. The number of aromatic hydroxyl groups is 8. The van der Waals surface area contributed by atoms with Crippen molar-refractivity contribution < 1.29 is 45.6 Å². The summed E-state index contributed by atoms with van der Waals surface area (Å²) < 4.78 is 0. The average molecular weight is 767 g/mol. The molecule has 8 aromatic carbocycles. The van der Waals surface area contributed by atoms with Gasteiger partial charge in [-0.05, 0) is 81.9 Å². The summed E-state index contributed by atoms with van der Waals surface area (Å²) in [5.41, 5.74) is 3.40. The van der Waals surface area contributed by atoms with Crippen molar-refractivity contribution in [3.63, 3.8) is 0 Å². The summed E-state index contributed by atoms with van der Waals surface area (Å²) in [5, 5.41) is 91.6. The van der Waals surface area contributed by atoms with Crippen LogP contribution < -0.4 is 0 Å². The minimum atomic E-state index is -0.295. The van der Waals surface area contributed by atoms with Crippen LogP contribution in [-0.4, -0.2) is 47.1 Å². The zero-order valence-corrected chi connectivity index (χ0v) is 30.5. The van der Waals surface area contributed by atoms with Crippen molar-refractivity contribution in [2.24, 2.45) is 0 Å². The molecule has 0 saturated heterocycles. The van der Waals surface area contributed by atoms with E-state index < -0.39 is 0 Å². The summed E-state index contributed by atoms with van der Waals surface area (Å²) in [4.78, 5) is 12.2. The van der Waals surface area contributed by atoms with Crippen molar-refractivity contribution in [2.75, 3.05) is 0 Å². The Hall–Kier alpha value is -8.17. The molecule has 0 aliphatic rings. The Labute approximate surface area is 332 Å². The third-order valence-corrected chi connectivity index (χ3v) is 10.2. The molecule has 0 aliphatic heterocycles. The highest BCUT2D eigenvalue weighted by Crippen LogP contribution is 2.55. The molecule has 9 heteroatoms. The molecule has 8 N–H and O–H groups in total. The second-order valence-corrected chi connectivity index (χ2v) is 13.6. The molecule has 8 rings (SSSR count). The van der Waals surface area contributed by atoms with Gasteiger partial charge < -0.3 is 40.9 Å². The Morgan fingerprint density at radius 3 is 0.879 bits per heavy atom. The maximum absolute atomic E-state index is 12.2.